The fourth-order valence-corrected chi connectivity index (χ4v) is 4.13. The number of hydrogen-bond acceptors (Lipinski definition) is 3. The summed E-state index contributed by atoms with van der Waals surface area (Å²) in [6.07, 6.45) is 0. The topological polar surface area (TPSA) is 63.6 Å². The molecule has 0 saturated carbocycles. The third-order valence-electron chi connectivity index (χ3n) is 5.88. The Balaban J connectivity index is 1.61. The fraction of sp³-hybridized carbons (Fsp3) is 0.280. The zero-order chi connectivity index (χ0) is 22.8. The van der Waals surface area contributed by atoms with Crippen LogP contribution in [0.5, 0.6) is 0 Å². The molecular formula is C25H26FN3O3. The van der Waals surface area contributed by atoms with Crippen molar-refractivity contribution in [2.75, 3.05) is 31.6 Å². The highest BCUT2D eigenvalue weighted by Crippen LogP contribution is 2.25. The lowest BCUT2D eigenvalue weighted by atomic mass is 10.0. The second-order valence-electron chi connectivity index (χ2n) is 7.91. The van der Waals surface area contributed by atoms with Crippen LogP contribution in [0.15, 0.2) is 48.5 Å². The smallest absolute Gasteiger partial charge is 0.257 e. The van der Waals surface area contributed by atoms with Crippen LogP contribution in [0.25, 0.3) is 5.69 Å². The van der Waals surface area contributed by atoms with Crippen molar-refractivity contribution in [1.29, 1.82) is 0 Å². The molecule has 1 aliphatic rings. The molecule has 1 saturated heterocycles. The Labute approximate surface area is 186 Å². The lowest BCUT2D eigenvalue weighted by Gasteiger charge is -2.27. The van der Waals surface area contributed by atoms with E-state index >= 15 is 0 Å². The molecule has 0 spiro atoms. The van der Waals surface area contributed by atoms with Crippen molar-refractivity contribution in [3.63, 3.8) is 0 Å². The first-order chi connectivity index (χ1) is 15.4. The van der Waals surface area contributed by atoms with Gasteiger partial charge < -0.3 is 19.5 Å². The Morgan fingerprint density at radius 2 is 1.69 bits per heavy atom. The number of halogens is 1. The van der Waals surface area contributed by atoms with Gasteiger partial charge in [-0.1, -0.05) is 18.2 Å². The van der Waals surface area contributed by atoms with Crippen molar-refractivity contribution in [3.05, 3.63) is 82.4 Å². The number of morpholine rings is 1. The van der Waals surface area contributed by atoms with Gasteiger partial charge in [0.05, 0.1) is 24.5 Å². The summed E-state index contributed by atoms with van der Waals surface area (Å²) < 4.78 is 21.4. The molecule has 0 atom stereocenters. The van der Waals surface area contributed by atoms with Gasteiger partial charge in [-0.3, -0.25) is 9.59 Å². The summed E-state index contributed by atoms with van der Waals surface area (Å²) in [6, 6.07) is 13.5. The van der Waals surface area contributed by atoms with E-state index in [1.54, 1.807) is 58.9 Å². The maximum atomic E-state index is 14.4. The minimum absolute atomic E-state index is 0.0698. The van der Waals surface area contributed by atoms with Gasteiger partial charge in [-0.15, -0.1) is 0 Å². The summed E-state index contributed by atoms with van der Waals surface area (Å²) in [5.41, 5.74) is 4.09. The van der Waals surface area contributed by atoms with Gasteiger partial charge in [-0.25, -0.2) is 4.39 Å². The van der Waals surface area contributed by atoms with Crippen LogP contribution in [0, 0.1) is 26.6 Å². The van der Waals surface area contributed by atoms with E-state index in [0.29, 0.717) is 60.1 Å². The standard InChI is InChI=1S/C25H26FN3O3/c1-16-15-20(18(3)29(16)23-10-5-4-8-21(23)26)24(30)27-22-9-6-7-19(17(22)2)25(31)28-11-13-32-14-12-28/h4-10,15H,11-14H2,1-3H3,(H,27,30). The number of aryl methyl sites for hydroxylation is 1. The van der Waals surface area contributed by atoms with Crippen LogP contribution in [-0.2, 0) is 4.74 Å². The van der Waals surface area contributed by atoms with Crippen LogP contribution < -0.4 is 5.32 Å². The van der Waals surface area contributed by atoms with Crippen molar-refractivity contribution in [2.45, 2.75) is 20.8 Å². The van der Waals surface area contributed by atoms with Gasteiger partial charge in [0.2, 0.25) is 0 Å². The van der Waals surface area contributed by atoms with Crippen LogP contribution in [0.2, 0.25) is 0 Å². The summed E-state index contributed by atoms with van der Waals surface area (Å²) in [6.45, 7) is 7.61. The molecule has 1 N–H and O–H groups in total. The second kappa shape index (κ2) is 8.96. The summed E-state index contributed by atoms with van der Waals surface area (Å²) in [5.74, 6) is -0.731. The first kappa shape index (κ1) is 21.8. The van der Waals surface area contributed by atoms with Crippen LogP contribution in [-0.4, -0.2) is 47.6 Å². The fourth-order valence-electron chi connectivity index (χ4n) is 4.13. The molecule has 7 heteroatoms. The summed E-state index contributed by atoms with van der Waals surface area (Å²) >= 11 is 0. The molecule has 3 aromatic rings. The summed E-state index contributed by atoms with van der Waals surface area (Å²) in [7, 11) is 0. The Bertz CT molecular complexity index is 1180. The second-order valence-corrected chi connectivity index (χ2v) is 7.91. The van der Waals surface area contributed by atoms with Gasteiger partial charge in [-0.05, 0) is 56.7 Å². The first-order valence-corrected chi connectivity index (χ1v) is 10.6. The monoisotopic (exact) mass is 435 g/mol. The number of carbonyl (C=O) groups excluding carboxylic acids is 2. The molecule has 32 heavy (non-hydrogen) atoms. The lowest BCUT2D eigenvalue weighted by Crippen LogP contribution is -2.41. The van der Waals surface area contributed by atoms with Crippen LogP contribution >= 0.6 is 0 Å². The van der Waals surface area contributed by atoms with E-state index in [-0.39, 0.29) is 17.6 Å². The maximum absolute atomic E-state index is 14.4. The molecule has 0 unspecified atom stereocenters. The lowest BCUT2D eigenvalue weighted by molar-refractivity contribution is 0.0302. The third kappa shape index (κ3) is 4.03. The van der Waals surface area contributed by atoms with Crippen molar-refractivity contribution in [1.82, 2.24) is 9.47 Å². The number of hydrogen-bond donors (Lipinski definition) is 1. The van der Waals surface area contributed by atoms with Crippen molar-refractivity contribution in [3.8, 4) is 5.69 Å². The Morgan fingerprint density at radius 1 is 0.969 bits per heavy atom. The number of benzene rings is 2. The molecule has 166 valence electrons. The highest BCUT2D eigenvalue weighted by Gasteiger charge is 2.23. The van der Waals surface area contributed by atoms with Gasteiger partial charge in [0.25, 0.3) is 11.8 Å². The summed E-state index contributed by atoms with van der Waals surface area (Å²) in [4.78, 5) is 27.8. The van der Waals surface area contributed by atoms with E-state index in [1.807, 2.05) is 13.8 Å². The van der Waals surface area contributed by atoms with E-state index in [0.717, 1.165) is 5.69 Å². The SMILES string of the molecule is Cc1c(NC(=O)c2cc(C)n(-c3ccccc3F)c2C)cccc1C(=O)N1CCOCC1. The Kier molecular flexibility index (Phi) is 6.10. The van der Waals surface area contributed by atoms with Crippen molar-refractivity contribution in [2.24, 2.45) is 0 Å². The van der Waals surface area contributed by atoms with E-state index in [1.165, 1.54) is 6.07 Å². The molecule has 2 heterocycles. The number of nitrogens with zero attached hydrogens (tertiary/aromatic N) is 2. The van der Waals surface area contributed by atoms with Crippen molar-refractivity contribution >= 4 is 17.5 Å². The van der Waals surface area contributed by atoms with Gasteiger partial charge in [0, 0.05) is 35.7 Å². The van der Waals surface area contributed by atoms with Crippen LogP contribution in [0.4, 0.5) is 10.1 Å². The number of carbonyl (C=O) groups is 2. The quantitative estimate of drug-likeness (QED) is 0.666. The highest BCUT2D eigenvalue weighted by atomic mass is 19.1. The van der Waals surface area contributed by atoms with E-state index < -0.39 is 0 Å². The Morgan fingerprint density at radius 3 is 2.41 bits per heavy atom. The van der Waals surface area contributed by atoms with Gasteiger partial charge in [0.15, 0.2) is 0 Å². The van der Waals surface area contributed by atoms with Crippen molar-refractivity contribution < 1.29 is 18.7 Å². The number of nitrogens with one attached hydrogen (secondary N) is 1. The van der Waals surface area contributed by atoms with Gasteiger partial charge >= 0.3 is 0 Å². The Hall–Kier alpha value is -3.45. The molecule has 0 bridgehead atoms. The van der Waals surface area contributed by atoms with Gasteiger partial charge in [-0.2, -0.15) is 0 Å². The summed E-state index contributed by atoms with van der Waals surface area (Å²) in [5, 5.41) is 2.93. The average Bonchev–Trinajstić information content (AvgIpc) is 3.09. The number of ether oxygens (including phenoxy) is 1. The normalized spacial score (nSPS) is 13.8. The molecule has 2 aromatic carbocycles. The molecule has 1 fully saturated rings. The molecular weight excluding hydrogens is 409 g/mol. The zero-order valence-corrected chi connectivity index (χ0v) is 18.4. The third-order valence-corrected chi connectivity index (χ3v) is 5.88. The molecule has 6 nitrogen and oxygen atoms in total. The predicted molar refractivity (Wildman–Crippen MR) is 121 cm³/mol. The maximum Gasteiger partial charge on any atom is 0.257 e. The molecule has 0 radical (unpaired) electrons. The van der Waals surface area contributed by atoms with Crippen LogP contribution in [0.1, 0.15) is 37.7 Å². The zero-order valence-electron chi connectivity index (χ0n) is 18.4. The minimum atomic E-state index is -0.355. The molecule has 2 amide bonds. The van der Waals surface area contributed by atoms with Gasteiger partial charge in [0.1, 0.15) is 5.82 Å². The minimum Gasteiger partial charge on any atom is -0.378 e. The van der Waals surface area contributed by atoms with E-state index in [2.05, 4.69) is 5.32 Å². The highest BCUT2D eigenvalue weighted by molar-refractivity contribution is 6.07. The number of anilines is 1. The molecule has 1 aliphatic heterocycles. The number of para-hydroxylation sites is 1. The average molecular weight is 435 g/mol. The number of amides is 2. The van der Waals surface area contributed by atoms with E-state index in [9.17, 15) is 14.0 Å². The number of aromatic nitrogens is 1. The van der Waals surface area contributed by atoms with E-state index in [4.69, 9.17) is 4.74 Å². The largest absolute Gasteiger partial charge is 0.378 e. The molecule has 4 rings (SSSR count). The molecule has 0 aliphatic carbocycles. The predicted octanol–water partition coefficient (Wildman–Crippen LogP) is 4.27. The van der Waals surface area contributed by atoms with Crippen LogP contribution in [0.3, 0.4) is 0 Å². The molecule has 1 aromatic heterocycles. The first-order valence-electron chi connectivity index (χ1n) is 10.6. The number of rotatable bonds is 4.